The van der Waals surface area contributed by atoms with E-state index in [0.29, 0.717) is 5.56 Å². The molecule has 1 heterocycles. The van der Waals surface area contributed by atoms with E-state index in [0.717, 1.165) is 21.1 Å². The first kappa shape index (κ1) is 13.3. The summed E-state index contributed by atoms with van der Waals surface area (Å²) in [5, 5.41) is 6.16. The first-order chi connectivity index (χ1) is 9.65. The van der Waals surface area contributed by atoms with Crippen LogP contribution in [0.5, 0.6) is 0 Å². The molecule has 0 saturated carbocycles. The van der Waals surface area contributed by atoms with Crippen LogP contribution in [0.25, 0.3) is 10.1 Å². The predicted molar refractivity (Wildman–Crippen MR) is 88.7 cm³/mol. The average Bonchev–Trinajstić information content (AvgIpc) is 2.89. The maximum Gasteiger partial charge on any atom is 0.255 e. The number of hydrogen-bond donors (Lipinski definition) is 1. The highest BCUT2D eigenvalue weighted by atomic mass is 79.9. The quantitative estimate of drug-likeness (QED) is 0.677. The van der Waals surface area contributed by atoms with E-state index in [1.54, 1.807) is 11.3 Å². The van der Waals surface area contributed by atoms with Crippen LogP contribution in [0, 0.1) is 6.92 Å². The molecule has 4 heteroatoms. The van der Waals surface area contributed by atoms with Crippen molar-refractivity contribution >= 4 is 48.9 Å². The van der Waals surface area contributed by atoms with Gasteiger partial charge in [-0.2, -0.15) is 0 Å². The predicted octanol–water partition coefficient (Wildman–Crippen LogP) is 5.22. The molecule has 100 valence electrons. The van der Waals surface area contributed by atoms with Gasteiger partial charge in [0, 0.05) is 20.4 Å². The Morgan fingerprint density at radius 2 is 2.05 bits per heavy atom. The number of rotatable bonds is 2. The van der Waals surface area contributed by atoms with E-state index in [4.69, 9.17) is 0 Å². The van der Waals surface area contributed by atoms with Crippen molar-refractivity contribution in [1.29, 1.82) is 0 Å². The zero-order valence-corrected chi connectivity index (χ0v) is 13.2. The van der Waals surface area contributed by atoms with E-state index >= 15 is 0 Å². The molecule has 2 aromatic carbocycles. The number of amides is 1. The molecule has 0 fully saturated rings. The van der Waals surface area contributed by atoms with Crippen molar-refractivity contribution in [3.8, 4) is 0 Å². The van der Waals surface area contributed by atoms with Crippen LogP contribution in [0.1, 0.15) is 15.9 Å². The largest absolute Gasteiger partial charge is 0.322 e. The molecule has 1 aromatic heterocycles. The molecular weight excluding hydrogens is 334 g/mol. The Labute approximate surface area is 129 Å². The summed E-state index contributed by atoms with van der Waals surface area (Å²) in [6.07, 6.45) is 0. The zero-order chi connectivity index (χ0) is 14.1. The highest BCUT2D eigenvalue weighted by Crippen LogP contribution is 2.25. The number of thiophene rings is 1. The van der Waals surface area contributed by atoms with Crippen molar-refractivity contribution in [2.75, 3.05) is 5.32 Å². The molecule has 0 aliphatic carbocycles. The number of nitrogens with one attached hydrogen (secondary N) is 1. The summed E-state index contributed by atoms with van der Waals surface area (Å²) in [6.45, 7) is 1.93. The molecule has 2 nitrogen and oxygen atoms in total. The van der Waals surface area contributed by atoms with Crippen molar-refractivity contribution in [3.05, 3.63) is 63.4 Å². The third kappa shape index (κ3) is 2.49. The highest BCUT2D eigenvalue weighted by Gasteiger charge is 2.11. The number of anilines is 1. The molecule has 1 amide bonds. The zero-order valence-electron chi connectivity index (χ0n) is 10.8. The van der Waals surface area contributed by atoms with E-state index in [9.17, 15) is 4.79 Å². The molecule has 0 aliphatic heterocycles. The number of hydrogen-bond acceptors (Lipinski definition) is 2. The molecule has 0 spiro atoms. The third-order valence-electron chi connectivity index (χ3n) is 3.22. The lowest BCUT2D eigenvalue weighted by atomic mass is 10.1. The molecule has 0 radical (unpaired) electrons. The summed E-state index contributed by atoms with van der Waals surface area (Å²) in [5.74, 6) is -0.0848. The second-order valence-corrected chi connectivity index (χ2v) is 6.34. The summed E-state index contributed by atoms with van der Waals surface area (Å²) in [6, 6.07) is 13.7. The van der Waals surface area contributed by atoms with Gasteiger partial charge in [-0.15, -0.1) is 11.3 Å². The van der Waals surface area contributed by atoms with Gasteiger partial charge < -0.3 is 5.32 Å². The second kappa shape index (κ2) is 5.38. The number of benzene rings is 2. The van der Waals surface area contributed by atoms with Crippen LogP contribution in [0.3, 0.4) is 0 Å². The van der Waals surface area contributed by atoms with Crippen molar-refractivity contribution in [2.24, 2.45) is 0 Å². The van der Waals surface area contributed by atoms with Gasteiger partial charge in [-0.25, -0.2) is 0 Å². The number of carbonyl (C=O) groups is 1. The smallest absolute Gasteiger partial charge is 0.255 e. The fourth-order valence-electron chi connectivity index (χ4n) is 2.10. The van der Waals surface area contributed by atoms with E-state index in [1.165, 1.54) is 4.70 Å². The average molecular weight is 346 g/mol. The Hall–Kier alpha value is -1.65. The van der Waals surface area contributed by atoms with Gasteiger partial charge in [-0.3, -0.25) is 4.79 Å². The minimum atomic E-state index is -0.0848. The van der Waals surface area contributed by atoms with Gasteiger partial charge in [-0.1, -0.05) is 22.0 Å². The van der Waals surface area contributed by atoms with Crippen LogP contribution in [-0.2, 0) is 0 Å². The molecular formula is C16H12BrNOS. The van der Waals surface area contributed by atoms with Crippen LogP contribution < -0.4 is 5.32 Å². The summed E-state index contributed by atoms with van der Waals surface area (Å²) in [5.41, 5.74) is 2.45. The molecule has 0 bridgehead atoms. The fourth-order valence-corrected chi connectivity index (χ4v) is 3.23. The van der Waals surface area contributed by atoms with Gasteiger partial charge >= 0.3 is 0 Å². The topological polar surface area (TPSA) is 29.1 Å². The molecule has 0 unspecified atom stereocenters. The van der Waals surface area contributed by atoms with Crippen molar-refractivity contribution < 1.29 is 4.79 Å². The monoisotopic (exact) mass is 345 g/mol. The van der Waals surface area contributed by atoms with Gasteiger partial charge in [-0.05, 0) is 59.7 Å². The standard InChI is InChI=1S/C16H12BrNOS/c1-10-13(3-2-4-14(10)17)16(19)18-12-5-6-15-11(9-12)7-8-20-15/h2-9H,1H3,(H,18,19). The van der Waals surface area contributed by atoms with Crippen LogP contribution >= 0.6 is 27.3 Å². The molecule has 20 heavy (non-hydrogen) atoms. The summed E-state index contributed by atoms with van der Waals surface area (Å²) >= 11 is 5.15. The normalized spacial score (nSPS) is 10.7. The van der Waals surface area contributed by atoms with Crippen molar-refractivity contribution in [1.82, 2.24) is 0 Å². The molecule has 0 atom stereocenters. The Bertz CT molecular complexity index is 794. The van der Waals surface area contributed by atoms with Gasteiger partial charge in [0.25, 0.3) is 5.91 Å². The van der Waals surface area contributed by atoms with E-state index in [2.05, 4.69) is 32.7 Å². The van der Waals surface area contributed by atoms with Gasteiger partial charge in [0.2, 0.25) is 0 Å². The van der Waals surface area contributed by atoms with E-state index in [1.807, 2.05) is 43.3 Å². The molecule has 0 aliphatic rings. The Balaban J connectivity index is 1.90. The van der Waals surface area contributed by atoms with Crippen molar-refractivity contribution in [3.63, 3.8) is 0 Å². The minimum Gasteiger partial charge on any atom is -0.322 e. The lowest BCUT2D eigenvalue weighted by molar-refractivity contribution is 0.102. The molecule has 0 saturated heterocycles. The Morgan fingerprint density at radius 1 is 1.20 bits per heavy atom. The summed E-state index contributed by atoms with van der Waals surface area (Å²) in [4.78, 5) is 12.3. The first-order valence-corrected chi connectivity index (χ1v) is 7.86. The van der Waals surface area contributed by atoms with Crippen LogP contribution in [0.2, 0.25) is 0 Å². The Morgan fingerprint density at radius 3 is 2.90 bits per heavy atom. The third-order valence-corrected chi connectivity index (χ3v) is 4.98. The van der Waals surface area contributed by atoms with Gasteiger partial charge in [0.05, 0.1) is 0 Å². The summed E-state index contributed by atoms with van der Waals surface area (Å²) < 4.78 is 2.17. The van der Waals surface area contributed by atoms with Crippen LogP contribution in [0.4, 0.5) is 5.69 Å². The maximum atomic E-state index is 12.3. The summed E-state index contributed by atoms with van der Waals surface area (Å²) in [7, 11) is 0. The maximum absolute atomic E-state index is 12.3. The van der Waals surface area contributed by atoms with Crippen molar-refractivity contribution in [2.45, 2.75) is 6.92 Å². The SMILES string of the molecule is Cc1c(Br)cccc1C(=O)Nc1ccc2sccc2c1. The molecule has 3 rings (SSSR count). The van der Waals surface area contributed by atoms with Gasteiger partial charge in [0.1, 0.15) is 0 Å². The fraction of sp³-hybridized carbons (Fsp3) is 0.0625. The van der Waals surface area contributed by atoms with E-state index < -0.39 is 0 Å². The van der Waals surface area contributed by atoms with Crippen LogP contribution in [0.15, 0.2) is 52.3 Å². The first-order valence-electron chi connectivity index (χ1n) is 6.19. The molecule has 1 N–H and O–H groups in total. The van der Waals surface area contributed by atoms with Crippen LogP contribution in [-0.4, -0.2) is 5.91 Å². The number of fused-ring (bicyclic) bond motifs is 1. The Kier molecular flexibility index (Phi) is 3.59. The van der Waals surface area contributed by atoms with Gasteiger partial charge in [0.15, 0.2) is 0 Å². The minimum absolute atomic E-state index is 0.0848. The number of carbonyl (C=O) groups excluding carboxylic acids is 1. The highest BCUT2D eigenvalue weighted by molar-refractivity contribution is 9.10. The van der Waals surface area contributed by atoms with E-state index in [-0.39, 0.29) is 5.91 Å². The lowest BCUT2D eigenvalue weighted by Gasteiger charge is -2.09. The second-order valence-electron chi connectivity index (χ2n) is 4.54. The lowest BCUT2D eigenvalue weighted by Crippen LogP contribution is -2.13. The molecule has 3 aromatic rings. The number of halogens is 1.